The van der Waals surface area contributed by atoms with Gasteiger partial charge in [-0.05, 0) is 60.9 Å². The number of rotatable bonds is 5. The molecule has 2 amide bonds. The lowest BCUT2D eigenvalue weighted by Gasteiger charge is -2.32. The molecule has 1 fully saturated rings. The molecule has 2 aromatic rings. The topological polar surface area (TPSA) is 75.4 Å². The predicted molar refractivity (Wildman–Crippen MR) is 105 cm³/mol. The van der Waals surface area contributed by atoms with E-state index >= 15 is 0 Å². The fourth-order valence-electron chi connectivity index (χ4n) is 3.11. The third-order valence-electron chi connectivity index (χ3n) is 4.69. The van der Waals surface area contributed by atoms with Crippen molar-refractivity contribution in [3.8, 4) is 0 Å². The van der Waals surface area contributed by atoms with Crippen LogP contribution in [0.1, 0.15) is 18.4 Å². The van der Waals surface area contributed by atoms with Crippen LogP contribution >= 0.6 is 0 Å². The maximum atomic E-state index is 12.9. The van der Waals surface area contributed by atoms with E-state index in [0.717, 1.165) is 37.2 Å². The molecule has 0 atom stereocenters. The summed E-state index contributed by atoms with van der Waals surface area (Å²) in [4.78, 5) is 25.5. The normalized spacial score (nSPS) is 15.1. The Morgan fingerprint density at radius 2 is 1.67 bits per heavy atom. The van der Waals surface area contributed by atoms with E-state index in [2.05, 4.69) is 10.2 Å². The van der Waals surface area contributed by atoms with Gasteiger partial charge in [-0.3, -0.25) is 9.59 Å². The van der Waals surface area contributed by atoms with Gasteiger partial charge < -0.3 is 16.0 Å². The molecular formula is C21H22FN3O2. The number of carbonyl (C=O) groups is 2. The Morgan fingerprint density at radius 1 is 1.04 bits per heavy atom. The number of nitrogens with two attached hydrogens (primary N) is 1. The van der Waals surface area contributed by atoms with Crippen LogP contribution in [0, 0.1) is 11.7 Å². The van der Waals surface area contributed by atoms with E-state index in [0.29, 0.717) is 5.69 Å². The van der Waals surface area contributed by atoms with E-state index in [1.165, 1.54) is 18.2 Å². The van der Waals surface area contributed by atoms with Gasteiger partial charge in [0, 0.05) is 36.5 Å². The highest BCUT2D eigenvalue weighted by Crippen LogP contribution is 2.24. The third-order valence-corrected chi connectivity index (χ3v) is 4.69. The van der Waals surface area contributed by atoms with E-state index in [4.69, 9.17) is 5.73 Å². The van der Waals surface area contributed by atoms with Crippen LogP contribution in [0.2, 0.25) is 0 Å². The summed E-state index contributed by atoms with van der Waals surface area (Å²) >= 11 is 0. The highest BCUT2D eigenvalue weighted by molar-refractivity contribution is 6.02. The summed E-state index contributed by atoms with van der Waals surface area (Å²) in [6, 6.07) is 13.5. The summed E-state index contributed by atoms with van der Waals surface area (Å²) in [6.45, 7) is 1.58. The van der Waals surface area contributed by atoms with Crippen molar-refractivity contribution in [1.82, 2.24) is 0 Å². The number of carbonyl (C=O) groups excluding carboxylic acids is 2. The molecule has 0 aliphatic carbocycles. The van der Waals surface area contributed by atoms with Crippen LogP contribution in [0.15, 0.2) is 54.6 Å². The van der Waals surface area contributed by atoms with Gasteiger partial charge in [-0.2, -0.15) is 0 Å². The third kappa shape index (κ3) is 5.17. The first-order valence-electron chi connectivity index (χ1n) is 8.90. The van der Waals surface area contributed by atoms with Crippen molar-refractivity contribution in [2.75, 3.05) is 23.3 Å². The largest absolute Gasteiger partial charge is 0.371 e. The summed E-state index contributed by atoms with van der Waals surface area (Å²) in [5.74, 6) is -0.820. The van der Waals surface area contributed by atoms with Gasteiger partial charge in [-0.1, -0.05) is 12.1 Å². The quantitative estimate of drug-likeness (QED) is 0.797. The Morgan fingerprint density at radius 3 is 2.26 bits per heavy atom. The average molecular weight is 367 g/mol. The van der Waals surface area contributed by atoms with Gasteiger partial charge in [-0.25, -0.2) is 4.39 Å². The first-order valence-corrected chi connectivity index (χ1v) is 8.90. The second-order valence-electron chi connectivity index (χ2n) is 6.58. The number of halogens is 1. The predicted octanol–water partition coefficient (Wildman–Crippen LogP) is 3.18. The number of hydrogen-bond acceptors (Lipinski definition) is 3. The monoisotopic (exact) mass is 367 g/mol. The van der Waals surface area contributed by atoms with Crippen LogP contribution < -0.4 is 16.0 Å². The molecule has 1 aliphatic heterocycles. The minimum absolute atomic E-state index is 0.0345. The zero-order valence-electron chi connectivity index (χ0n) is 14.9. The molecule has 1 saturated heterocycles. The molecule has 140 valence electrons. The van der Waals surface area contributed by atoms with Crippen molar-refractivity contribution >= 4 is 29.3 Å². The van der Waals surface area contributed by atoms with E-state index < -0.39 is 0 Å². The first-order chi connectivity index (χ1) is 13.0. The van der Waals surface area contributed by atoms with Crippen LogP contribution in [0.4, 0.5) is 15.8 Å². The van der Waals surface area contributed by atoms with Crippen molar-refractivity contribution in [2.24, 2.45) is 11.7 Å². The Kier molecular flexibility index (Phi) is 5.86. The summed E-state index contributed by atoms with van der Waals surface area (Å²) in [7, 11) is 0. The molecule has 6 heteroatoms. The lowest BCUT2D eigenvalue weighted by molar-refractivity contribution is -0.122. The van der Waals surface area contributed by atoms with Gasteiger partial charge in [0.15, 0.2) is 0 Å². The van der Waals surface area contributed by atoms with Gasteiger partial charge in [0.2, 0.25) is 11.8 Å². The van der Waals surface area contributed by atoms with Gasteiger partial charge >= 0.3 is 0 Å². The smallest absolute Gasteiger partial charge is 0.248 e. The van der Waals surface area contributed by atoms with Gasteiger partial charge in [0.05, 0.1) is 0 Å². The molecule has 1 aliphatic rings. The van der Waals surface area contributed by atoms with Crippen molar-refractivity contribution in [2.45, 2.75) is 12.8 Å². The molecule has 5 nitrogen and oxygen atoms in total. The van der Waals surface area contributed by atoms with Crippen molar-refractivity contribution in [3.63, 3.8) is 0 Å². The number of amides is 2. The van der Waals surface area contributed by atoms with Crippen LogP contribution in [0.3, 0.4) is 0 Å². The zero-order valence-corrected chi connectivity index (χ0v) is 14.9. The molecule has 0 spiro atoms. The molecule has 0 unspecified atom stereocenters. The van der Waals surface area contributed by atoms with E-state index in [9.17, 15) is 14.0 Å². The molecule has 27 heavy (non-hydrogen) atoms. The summed E-state index contributed by atoms with van der Waals surface area (Å²) in [5, 5.41) is 2.80. The van der Waals surface area contributed by atoms with Crippen LogP contribution in [0.25, 0.3) is 6.08 Å². The van der Waals surface area contributed by atoms with E-state index in [-0.39, 0.29) is 23.5 Å². The van der Waals surface area contributed by atoms with Crippen molar-refractivity contribution in [1.29, 1.82) is 0 Å². The molecule has 2 aromatic carbocycles. The molecule has 0 saturated carbocycles. The maximum absolute atomic E-state index is 12.9. The van der Waals surface area contributed by atoms with E-state index in [1.54, 1.807) is 18.2 Å². The SMILES string of the molecule is NC(=O)C1CCN(c2ccc(NC(=O)/C=C/c3ccc(F)cc3)cc2)CC1. The number of nitrogens with one attached hydrogen (secondary N) is 1. The fourth-order valence-corrected chi connectivity index (χ4v) is 3.11. The number of nitrogens with zero attached hydrogens (tertiary/aromatic N) is 1. The van der Waals surface area contributed by atoms with Gasteiger partial charge in [0.1, 0.15) is 5.82 Å². The summed E-state index contributed by atoms with van der Waals surface area (Å²) < 4.78 is 12.9. The summed E-state index contributed by atoms with van der Waals surface area (Å²) in [6.07, 6.45) is 4.58. The van der Waals surface area contributed by atoms with E-state index in [1.807, 2.05) is 24.3 Å². The lowest BCUT2D eigenvalue weighted by Crippen LogP contribution is -2.38. The van der Waals surface area contributed by atoms with Crippen molar-refractivity contribution < 1.29 is 14.0 Å². The highest BCUT2D eigenvalue weighted by Gasteiger charge is 2.23. The fraction of sp³-hybridized carbons (Fsp3) is 0.238. The molecule has 0 radical (unpaired) electrons. The lowest BCUT2D eigenvalue weighted by atomic mass is 9.96. The number of hydrogen-bond donors (Lipinski definition) is 2. The molecule has 3 N–H and O–H groups in total. The Labute approximate surface area is 157 Å². The highest BCUT2D eigenvalue weighted by atomic mass is 19.1. The first kappa shape index (κ1) is 18.6. The molecule has 3 rings (SSSR count). The van der Waals surface area contributed by atoms with Crippen LogP contribution in [-0.2, 0) is 9.59 Å². The summed E-state index contributed by atoms with van der Waals surface area (Å²) in [5.41, 5.74) is 7.86. The second-order valence-corrected chi connectivity index (χ2v) is 6.58. The van der Waals surface area contributed by atoms with Crippen LogP contribution in [-0.4, -0.2) is 24.9 Å². The zero-order chi connectivity index (χ0) is 19.2. The molecule has 0 aromatic heterocycles. The van der Waals surface area contributed by atoms with Crippen molar-refractivity contribution in [3.05, 3.63) is 66.0 Å². The standard InChI is InChI=1S/C21H22FN3O2/c22-17-4-1-15(2-5-17)3-10-20(26)24-18-6-8-19(9-7-18)25-13-11-16(12-14-25)21(23)27/h1-10,16H,11-14H2,(H2,23,27)(H,24,26)/b10-3+. The molecular weight excluding hydrogens is 345 g/mol. The number of benzene rings is 2. The second kappa shape index (κ2) is 8.49. The molecule has 0 bridgehead atoms. The minimum atomic E-state index is -0.310. The molecule has 1 heterocycles. The number of primary amides is 1. The Balaban J connectivity index is 1.53. The minimum Gasteiger partial charge on any atom is -0.371 e. The van der Waals surface area contributed by atoms with Gasteiger partial charge in [-0.15, -0.1) is 0 Å². The maximum Gasteiger partial charge on any atom is 0.248 e. The van der Waals surface area contributed by atoms with Crippen LogP contribution in [0.5, 0.6) is 0 Å². The Hall–Kier alpha value is -3.15. The number of anilines is 2. The Bertz CT molecular complexity index is 824. The van der Waals surface area contributed by atoms with Gasteiger partial charge in [0.25, 0.3) is 0 Å². The average Bonchev–Trinajstić information content (AvgIpc) is 2.68. The number of piperidine rings is 1.